The number of esters is 1. The molecule has 0 aliphatic rings. The van der Waals surface area contributed by atoms with Gasteiger partial charge in [0.15, 0.2) is 6.10 Å². The number of rotatable bonds is 7. The Kier molecular flexibility index (Phi) is 6.57. The molecular weight excluding hydrogens is 316 g/mol. The van der Waals surface area contributed by atoms with Gasteiger partial charge in [0.2, 0.25) is 0 Å². The third-order valence-corrected chi connectivity index (χ3v) is 3.82. The average Bonchev–Trinajstić information content (AvgIpc) is 2.64. The molecule has 1 amide bonds. The highest BCUT2D eigenvalue weighted by Crippen LogP contribution is 2.15. The zero-order valence-electron chi connectivity index (χ0n) is 14.9. The first-order chi connectivity index (χ1) is 12.0. The van der Waals surface area contributed by atoms with Gasteiger partial charge in [0.05, 0.1) is 5.56 Å². The van der Waals surface area contributed by atoms with Crippen LogP contribution in [0, 0.1) is 0 Å². The predicted molar refractivity (Wildman–Crippen MR) is 98.6 cm³/mol. The van der Waals surface area contributed by atoms with Crippen molar-refractivity contribution in [2.45, 2.75) is 26.0 Å². The topological polar surface area (TPSA) is 58.6 Å². The Labute approximate surface area is 148 Å². The molecule has 0 fully saturated rings. The first-order valence-corrected chi connectivity index (χ1v) is 8.31. The zero-order valence-corrected chi connectivity index (χ0v) is 14.9. The van der Waals surface area contributed by atoms with Crippen LogP contribution in [0.15, 0.2) is 54.6 Å². The zero-order chi connectivity index (χ0) is 18.2. The molecule has 2 aromatic carbocycles. The van der Waals surface area contributed by atoms with E-state index in [1.165, 1.54) is 0 Å². The maximum atomic E-state index is 12.3. The van der Waals surface area contributed by atoms with Gasteiger partial charge in [0, 0.05) is 26.3 Å². The van der Waals surface area contributed by atoms with Crippen LogP contribution in [-0.2, 0) is 16.1 Å². The van der Waals surface area contributed by atoms with Crippen molar-refractivity contribution in [1.82, 2.24) is 5.32 Å². The van der Waals surface area contributed by atoms with Crippen molar-refractivity contribution >= 4 is 17.6 Å². The molecule has 0 saturated carbocycles. The van der Waals surface area contributed by atoms with Gasteiger partial charge in [-0.05, 0) is 30.2 Å². The van der Waals surface area contributed by atoms with E-state index in [0.717, 1.165) is 11.3 Å². The average molecular weight is 340 g/mol. The third-order valence-electron chi connectivity index (χ3n) is 3.82. The molecule has 2 aromatic rings. The fraction of sp³-hybridized carbons (Fsp3) is 0.300. The van der Waals surface area contributed by atoms with Crippen LogP contribution in [0.4, 0.5) is 5.69 Å². The summed E-state index contributed by atoms with van der Waals surface area (Å²) in [6.45, 7) is 2.22. The van der Waals surface area contributed by atoms with E-state index in [9.17, 15) is 9.59 Å². The molecule has 1 N–H and O–H groups in total. The van der Waals surface area contributed by atoms with Gasteiger partial charge in [0.25, 0.3) is 5.91 Å². The summed E-state index contributed by atoms with van der Waals surface area (Å²) in [7, 11) is 3.80. The maximum Gasteiger partial charge on any atom is 0.338 e. The lowest BCUT2D eigenvalue weighted by Crippen LogP contribution is -2.37. The van der Waals surface area contributed by atoms with E-state index in [1.807, 2.05) is 62.3 Å². The summed E-state index contributed by atoms with van der Waals surface area (Å²) in [4.78, 5) is 26.5. The lowest BCUT2D eigenvalue weighted by atomic mass is 10.2. The summed E-state index contributed by atoms with van der Waals surface area (Å²) in [5.74, 6) is -0.783. The second kappa shape index (κ2) is 8.87. The third kappa shape index (κ3) is 5.35. The highest BCUT2D eigenvalue weighted by molar-refractivity contribution is 5.93. The van der Waals surface area contributed by atoms with Crippen LogP contribution < -0.4 is 10.2 Å². The fourth-order valence-corrected chi connectivity index (χ4v) is 2.33. The fourth-order valence-electron chi connectivity index (χ4n) is 2.33. The van der Waals surface area contributed by atoms with Crippen molar-refractivity contribution in [1.29, 1.82) is 0 Å². The van der Waals surface area contributed by atoms with Crippen molar-refractivity contribution < 1.29 is 14.3 Å². The number of nitrogens with one attached hydrogen (secondary N) is 1. The molecule has 5 heteroatoms. The second-order valence-electron chi connectivity index (χ2n) is 5.95. The maximum absolute atomic E-state index is 12.3. The Hall–Kier alpha value is -2.82. The summed E-state index contributed by atoms with van der Waals surface area (Å²) < 4.78 is 5.40. The molecular formula is C20H24N2O3. The Bertz CT molecular complexity index is 714. The number of hydrogen-bond donors (Lipinski definition) is 1. The number of ether oxygens (including phenoxy) is 1. The Morgan fingerprint density at radius 3 is 2.44 bits per heavy atom. The summed E-state index contributed by atoms with van der Waals surface area (Å²) >= 11 is 0. The van der Waals surface area contributed by atoms with Crippen LogP contribution in [0.25, 0.3) is 0 Å². The minimum absolute atomic E-state index is 0.288. The van der Waals surface area contributed by atoms with Gasteiger partial charge in [-0.25, -0.2) is 4.79 Å². The summed E-state index contributed by atoms with van der Waals surface area (Å²) in [6.07, 6.45) is -0.390. The number of carbonyl (C=O) groups is 2. The van der Waals surface area contributed by atoms with Gasteiger partial charge >= 0.3 is 5.97 Å². The number of carbonyl (C=O) groups excluding carboxylic acids is 2. The lowest BCUT2D eigenvalue weighted by molar-refractivity contribution is -0.130. The SMILES string of the molecule is CC[C@@H](OC(=O)c1cccc(N(C)C)c1)C(=O)NCc1ccccc1. The number of amides is 1. The lowest BCUT2D eigenvalue weighted by Gasteiger charge is -2.17. The van der Waals surface area contributed by atoms with E-state index in [0.29, 0.717) is 18.5 Å². The van der Waals surface area contributed by atoms with Crippen LogP contribution in [0.5, 0.6) is 0 Å². The predicted octanol–water partition coefficient (Wildman–Crippen LogP) is 3.00. The Morgan fingerprint density at radius 2 is 1.80 bits per heavy atom. The Morgan fingerprint density at radius 1 is 1.08 bits per heavy atom. The standard InChI is InChI=1S/C20H24N2O3/c1-4-18(19(23)21-14-15-9-6-5-7-10-15)25-20(24)16-11-8-12-17(13-16)22(2)3/h5-13,18H,4,14H2,1-3H3,(H,21,23)/t18-/m1/s1. The number of nitrogens with zero attached hydrogens (tertiary/aromatic N) is 1. The van der Waals surface area contributed by atoms with E-state index in [4.69, 9.17) is 4.74 Å². The molecule has 0 aliphatic carbocycles. The molecule has 132 valence electrons. The van der Waals surface area contributed by atoms with Crippen molar-refractivity contribution in [3.8, 4) is 0 Å². The van der Waals surface area contributed by atoms with Gasteiger partial charge < -0.3 is 15.0 Å². The van der Waals surface area contributed by atoms with E-state index < -0.39 is 12.1 Å². The van der Waals surface area contributed by atoms with E-state index in [2.05, 4.69) is 5.32 Å². The highest BCUT2D eigenvalue weighted by atomic mass is 16.5. The van der Waals surface area contributed by atoms with Crippen LogP contribution in [0.1, 0.15) is 29.3 Å². The molecule has 25 heavy (non-hydrogen) atoms. The van der Waals surface area contributed by atoms with Gasteiger partial charge in [-0.15, -0.1) is 0 Å². The summed E-state index contributed by atoms with van der Waals surface area (Å²) in [5, 5.41) is 2.81. The molecule has 0 saturated heterocycles. The van der Waals surface area contributed by atoms with Crippen molar-refractivity contribution in [2.24, 2.45) is 0 Å². The number of anilines is 1. The largest absolute Gasteiger partial charge is 0.449 e. The second-order valence-corrected chi connectivity index (χ2v) is 5.95. The minimum atomic E-state index is -0.806. The molecule has 1 atom stereocenters. The Balaban J connectivity index is 1.97. The van der Waals surface area contributed by atoms with Crippen molar-refractivity contribution in [3.63, 3.8) is 0 Å². The van der Waals surface area contributed by atoms with Crippen LogP contribution in [0.3, 0.4) is 0 Å². The van der Waals surface area contributed by atoms with Gasteiger partial charge in [-0.1, -0.05) is 43.3 Å². The van der Waals surface area contributed by atoms with Crippen molar-refractivity contribution in [2.75, 3.05) is 19.0 Å². The van der Waals surface area contributed by atoms with Gasteiger partial charge in [0.1, 0.15) is 0 Å². The van der Waals surface area contributed by atoms with Crippen LogP contribution >= 0.6 is 0 Å². The molecule has 2 rings (SSSR count). The molecule has 0 aliphatic heterocycles. The first-order valence-electron chi connectivity index (χ1n) is 8.31. The number of benzene rings is 2. The van der Waals surface area contributed by atoms with E-state index in [-0.39, 0.29) is 5.91 Å². The normalized spacial score (nSPS) is 11.5. The summed E-state index contributed by atoms with van der Waals surface area (Å²) in [6, 6.07) is 16.7. The van der Waals surface area contributed by atoms with Crippen LogP contribution in [-0.4, -0.2) is 32.1 Å². The van der Waals surface area contributed by atoms with Crippen LogP contribution in [0.2, 0.25) is 0 Å². The smallest absolute Gasteiger partial charge is 0.338 e. The van der Waals surface area contributed by atoms with Crippen molar-refractivity contribution in [3.05, 3.63) is 65.7 Å². The molecule has 0 aromatic heterocycles. The first kappa shape index (κ1) is 18.5. The molecule has 5 nitrogen and oxygen atoms in total. The molecule has 0 heterocycles. The monoisotopic (exact) mass is 340 g/mol. The summed E-state index contributed by atoms with van der Waals surface area (Å²) in [5.41, 5.74) is 2.33. The van der Waals surface area contributed by atoms with E-state index >= 15 is 0 Å². The quantitative estimate of drug-likeness (QED) is 0.787. The highest BCUT2D eigenvalue weighted by Gasteiger charge is 2.22. The van der Waals surface area contributed by atoms with Gasteiger partial charge in [-0.2, -0.15) is 0 Å². The minimum Gasteiger partial charge on any atom is -0.449 e. The molecule has 0 spiro atoms. The van der Waals surface area contributed by atoms with Gasteiger partial charge in [-0.3, -0.25) is 4.79 Å². The molecule has 0 unspecified atom stereocenters. The van der Waals surface area contributed by atoms with E-state index in [1.54, 1.807) is 18.2 Å². The molecule has 0 bridgehead atoms. The number of hydrogen-bond acceptors (Lipinski definition) is 4. The molecule has 0 radical (unpaired) electrons.